The van der Waals surface area contributed by atoms with Gasteiger partial charge in [-0.15, -0.1) is 0 Å². The lowest BCUT2D eigenvalue weighted by Gasteiger charge is -2.29. The summed E-state index contributed by atoms with van der Waals surface area (Å²) >= 11 is 0.847. The van der Waals surface area contributed by atoms with Crippen LogP contribution in [0.3, 0.4) is 0 Å². The standard InChI is InChI=1S/C45H92N2O4S/c1-5-7-9-11-13-15-17-19-20-21-22-23-25-27-29-31-33-35-38-47(3,4)39-36-40-52-51-43-45(41-48,42-49)46-44(50)37-34-32-30-28-26-24-18-16-14-12-10-8-6-2/h48-49H,5-43H2,1-4H3/p+2. The van der Waals surface area contributed by atoms with Crippen molar-refractivity contribution in [2.45, 2.75) is 231 Å². The zero-order valence-electron chi connectivity index (χ0n) is 35.7. The number of thiol groups is 1. The molecule has 0 aliphatic heterocycles. The molecule has 312 valence electrons. The molecule has 0 fully saturated rings. The molecule has 0 radical (unpaired) electrons. The number of nitrogens with one attached hydrogen (secondary N) is 1. The predicted molar refractivity (Wildman–Crippen MR) is 230 cm³/mol. The van der Waals surface area contributed by atoms with Gasteiger partial charge < -0.3 is 20.0 Å². The molecule has 6 nitrogen and oxygen atoms in total. The van der Waals surface area contributed by atoms with Crippen LogP contribution in [-0.2, 0) is 21.0 Å². The number of nitrogens with zero attached hydrogens (tertiary/aromatic N) is 1. The van der Waals surface area contributed by atoms with Crippen molar-refractivity contribution in [2.24, 2.45) is 0 Å². The van der Waals surface area contributed by atoms with Gasteiger partial charge in [-0.1, -0.05) is 194 Å². The Morgan fingerprint density at radius 1 is 0.519 bits per heavy atom. The van der Waals surface area contributed by atoms with Gasteiger partial charge in [0, 0.05) is 12.8 Å². The first-order valence-electron chi connectivity index (χ1n) is 23.0. The first-order chi connectivity index (χ1) is 25.3. The third-order valence-corrected chi connectivity index (χ3v) is 11.9. The van der Waals surface area contributed by atoms with Gasteiger partial charge in [-0.2, -0.15) is 4.18 Å². The van der Waals surface area contributed by atoms with Gasteiger partial charge in [-0.3, -0.25) is 4.79 Å². The normalized spacial score (nSPS) is 12.2. The molecule has 52 heavy (non-hydrogen) atoms. The Morgan fingerprint density at radius 2 is 0.846 bits per heavy atom. The number of rotatable bonds is 43. The Bertz CT molecular complexity index is 734. The highest BCUT2D eigenvalue weighted by atomic mass is 32.2. The van der Waals surface area contributed by atoms with Crippen molar-refractivity contribution in [1.29, 1.82) is 0 Å². The van der Waals surface area contributed by atoms with Crippen molar-refractivity contribution >= 4 is 17.9 Å². The number of hydrogen-bond acceptors (Lipinski definition) is 4. The molecule has 0 spiro atoms. The van der Waals surface area contributed by atoms with Gasteiger partial charge in [0.05, 0.1) is 40.4 Å². The lowest BCUT2D eigenvalue weighted by Crippen LogP contribution is -2.57. The van der Waals surface area contributed by atoms with E-state index in [1.807, 2.05) is 0 Å². The van der Waals surface area contributed by atoms with E-state index in [1.54, 1.807) is 0 Å². The third-order valence-electron chi connectivity index (χ3n) is 11.1. The lowest BCUT2D eigenvalue weighted by molar-refractivity contribution is -0.890. The summed E-state index contributed by atoms with van der Waals surface area (Å²) < 4.78 is 6.89. The molecule has 0 aliphatic rings. The topological polar surface area (TPSA) is 78.8 Å². The quantitative estimate of drug-likeness (QED) is 0.0250. The van der Waals surface area contributed by atoms with Crippen molar-refractivity contribution in [1.82, 2.24) is 5.32 Å². The summed E-state index contributed by atoms with van der Waals surface area (Å²) in [6.07, 6.45) is 43.5. The molecular formula is C45H94N2O4S+2. The smallest absolute Gasteiger partial charge is 0.220 e. The van der Waals surface area contributed by atoms with E-state index in [4.69, 9.17) is 4.18 Å². The molecule has 0 atom stereocenters. The maximum absolute atomic E-state index is 12.6. The van der Waals surface area contributed by atoms with Crippen LogP contribution in [0.5, 0.6) is 0 Å². The number of amides is 1. The average molecular weight is 759 g/mol. The van der Waals surface area contributed by atoms with Crippen molar-refractivity contribution in [3.05, 3.63) is 0 Å². The number of unbranched alkanes of at least 4 members (excludes halogenated alkanes) is 29. The molecule has 0 rings (SSSR count). The van der Waals surface area contributed by atoms with Gasteiger partial charge in [-0.25, -0.2) is 0 Å². The van der Waals surface area contributed by atoms with Crippen molar-refractivity contribution in [2.75, 3.05) is 52.8 Å². The Kier molecular flexibility index (Phi) is 38.7. The number of carbonyl (C=O) groups excluding carboxylic acids is 1. The van der Waals surface area contributed by atoms with Gasteiger partial charge in [0.15, 0.2) is 0 Å². The molecule has 0 heterocycles. The zero-order valence-corrected chi connectivity index (χ0v) is 36.6. The van der Waals surface area contributed by atoms with Gasteiger partial charge in [0.25, 0.3) is 0 Å². The second-order valence-electron chi connectivity index (χ2n) is 17.0. The van der Waals surface area contributed by atoms with Crippen LogP contribution >= 0.6 is 0 Å². The monoisotopic (exact) mass is 759 g/mol. The fourth-order valence-electron chi connectivity index (χ4n) is 7.27. The van der Waals surface area contributed by atoms with E-state index in [1.165, 1.54) is 193 Å². The van der Waals surface area contributed by atoms with E-state index >= 15 is 0 Å². The highest BCUT2D eigenvalue weighted by Gasteiger charge is 2.33. The molecule has 7 heteroatoms. The Morgan fingerprint density at radius 3 is 1.21 bits per heavy atom. The number of aliphatic hydroxyl groups is 2. The van der Waals surface area contributed by atoms with E-state index in [0.29, 0.717) is 6.42 Å². The predicted octanol–water partition coefficient (Wildman–Crippen LogP) is 11.6. The fraction of sp³-hybridized carbons (Fsp3) is 0.978. The number of aliphatic hydroxyl groups excluding tert-OH is 2. The van der Waals surface area contributed by atoms with Crippen LogP contribution in [0.15, 0.2) is 0 Å². The molecule has 3 N–H and O–H groups in total. The molecule has 0 bridgehead atoms. The average Bonchev–Trinajstić information content (AvgIpc) is 3.13. The van der Waals surface area contributed by atoms with Crippen LogP contribution in [0.25, 0.3) is 0 Å². The van der Waals surface area contributed by atoms with Crippen molar-refractivity contribution in [3.63, 3.8) is 0 Å². The van der Waals surface area contributed by atoms with E-state index in [-0.39, 0.29) is 25.7 Å². The first-order valence-corrected chi connectivity index (χ1v) is 24.0. The van der Waals surface area contributed by atoms with Crippen molar-refractivity contribution in [3.8, 4) is 0 Å². The molecule has 1 amide bonds. The summed E-state index contributed by atoms with van der Waals surface area (Å²) in [5.74, 6) is 0.811. The van der Waals surface area contributed by atoms with E-state index < -0.39 is 5.54 Å². The van der Waals surface area contributed by atoms with Gasteiger partial charge >= 0.3 is 0 Å². The maximum Gasteiger partial charge on any atom is 0.220 e. The molecule has 0 aliphatic carbocycles. The molecule has 0 saturated heterocycles. The van der Waals surface area contributed by atoms with E-state index in [2.05, 4.69) is 33.3 Å². The number of quaternary nitrogens is 1. The molecule has 0 saturated carbocycles. The summed E-state index contributed by atoms with van der Waals surface area (Å²) in [4.78, 5) is 12.6. The minimum absolute atomic E-state index is 0.106. The summed E-state index contributed by atoms with van der Waals surface area (Å²) in [7, 11) is 4.67. The molecule has 0 aromatic carbocycles. The van der Waals surface area contributed by atoms with Crippen molar-refractivity contribution < 1.29 is 23.7 Å². The van der Waals surface area contributed by atoms with Gasteiger partial charge in [0.2, 0.25) is 5.91 Å². The minimum Gasteiger partial charge on any atom is -0.394 e. The van der Waals surface area contributed by atoms with Gasteiger partial charge in [-0.05, 0) is 19.3 Å². The molecule has 0 aromatic rings. The third kappa shape index (κ3) is 35.4. The Balaban J connectivity index is 3.74. The summed E-state index contributed by atoms with van der Waals surface area (Å²) in [6, 6.07) is 0. The summed E-state index contributed by atoms with van der Waals surface area (Å²) in [5, 5.41) is 22.9. The first kappa shape index (κ1) is 51.7. The van der Waals surface area contributed by atoms with Crippen LogP contribution in [-0.4, -0.2) is 78.9 Å². The molecule has 0 aromatic heterocycles. The lowest BCUT2D eigenvalue weighted by atomic mass is 10.0. The van der Waals surface area contributed by atoms with Crippen LogP contribution in [0, 0.1) is 0 Å². The molecule has 0 unspecified atom stereocenters. The summed E-state index contributed by atoms with van der Waals surface area (Å²) in [5.41, 5.74) is -1.11. The molecular weight excluding hydrogens is 665 g/mol. The largest absolute Gasteiger partial charge is 0.394 e. The van der Waals surface area contributed by atoms with E-state index in [0.717, 1.165) is 48.1 Å². The van der Waals surface area contributed by atoms with Crippen LogP contribution in [0.4, 0.5) is 0 Å². The minimum atomic E-state index is -1.11. The van der Waals surface area contributed by atoms with Crippen LogP contribution < -0.4 is 5.32 Å². The number of hydrogen-bond donors (Lipinski definition) is 3. The van der Waals surface area contributed by atoms with Gasteiger partial charge in [0.1, 0.15) is 29.9 Å². The Labute approximate surface area is 330 Å². The summed E-state index contributed by atoms with van der Waals surface area (Å²) in [6.45, 7) is 6.38. The Hall–Kier alpha value is -0.340. The van der Waals surface area contributed by atoms with Crippen LogP contribution in [0.1, 0.15) is 226 Å². The fourth-order valence-corrected chi connectivity index (χ4v) is 8.01. The van der Waals surface area contributed by atoms with E-state index in [9.17, 15) is 15.0 Å². The van der Waals surface area contributed by atoms with Crippen LogP contribution in [0.2, 0.25) is 0 Å². The maximum atomic E-state index is 12.6. The SMILES string of the molecule is CCCCCCCCCCCCCCCCCCCC[N+](C)(C)CCC[SH+]OCC(CO)(CO)NC(=O)CCCCCCCCCCCCCCC. The number of carbonyl (C=O) groups is 1. The zero-order chi connectivity index (χ0) is 38.3. The second kappa shape index (κ2) is 38.9. The second-order valence-corrected chi connectivity index (χ2v) is 18.0. The highest BCUT2D eigenvalue weighted by molar-refractivity contribution is 7.73. The highest BCUT2D eigenvalue weighted by Crippen LogP contribution is 2.16.